The van der Waals surface area contributed by atoms with Gasteiger partial charge in [0, 0.05) is 17.6 Å². The number of methoxy groups -OCH3 is 1. The molecule has 2 aromatic carbocycles. The van der Waals surface area contributed by atoms with Crippen LogP contribution in [-0.2, 0) is 6.54 Å². The van der Waals surface area contributed by atoms with Gasteiger partial charge in [0.1, 0.15) is 5.75 Å². The van der Waals surface area contributed by atoms with Crippen LogP contribution >= 0.6 is 15.9 Å². The molecule has 0 aliphatic heterocycles. The average molecular weight is 306 g/mol. The van der Waals surface area contributed by atoms with E-state index in [1.54, 1.807) is 7.11 Å². The highest BCUT2D eigenvalue weighted by Crippen LogP contribution is 2.21. The van der Waals surface area contributed by atoms with Gasteiger partial charge in [0.2, 0.25) is 0 Å². The maximum atomic E-state index is 5.22. The second-order valence-electron chi connectivity index (χ2n) is 4.17. The molecular weight excluding hydrogens is 290 g/mol. The van der Waals surface area contributed by atoms with Crippen LogP contribution in [0.15, 0.2) is 47.5 Å². The molecule has 0 fully saturated rings. The van der Waals surface area contributed by atoms with Crippen molar-refractivity contribution in [2.45, 2.75) is 6.54 Å². The summed E-state index contributed by atoms with van der Waals surface area (Å²) in [6.07, 6.45) is 0. The van der Waals surface area contributed by atoms with Crippen molar-refractivity contribution in [2.75, 3.05) is 13.7 Å². The minimum atomic E-state index is 0.778. The largest absolute Gasteiger partial charge is 0.497 e. The Hall–Kier alpha value is -1.32. The molecule has 0 amide bonds. The predicted molar refractivity (Wildman–Crippen MR) is 80.3 cm³/mol. The number of halogens is 1. The minimum absolute atomic E-state index is 0.778. The lowest BCUT2D eigenvalue weighted by atomic mass is 10.1. The monoisotopic (exact) mass is 305 g/mol. The molecule has 2 rings (SSSR count). The molecule has 3 heteroatoms. The van der Waals surface area contributed by atoms with Crippen molar-refractivity contribution >= 4 is 26.7 Å². The van der Waals surface area contributed by atoms with Crippen molar-refractivity contribution < 1.29 is 4.74 Å². The number of nitrogens with one attached hydrogen (secondary N) is 1. The third-order valence-corrected chi connectivity index (χ3v) is 3.04. The van der Waals surface area contributed by atoms with Crippen molar-refractivity contribution in [3.63, 3.8) is 0 Å². The molecular formula is C15H16BrNO. The summed E-state index contributed by atoms with van der Waals surface area (Å²) in [7, 11) is 1.69. The maximum absolute atomic E-state index is 5.22. The molecule has 94 valence electrons. The fourth-order valence-electron chi connectivity index (χ4n) is 1.85. The Bertz CT molecular complexity index is 565. The number of hydrogen-bond acceptors (Lipinski definition) is 2. The van der Waals surface area contributed by atoms with E-state index in [1.165, 1.54) is 16.3 Å². The quantitative estimate of drug-likeness (QED) is 0.906. The molecule has 1 N–H and O–H groups in total. The van der Waals surface area contributed by atoms with Crippen LogP contribution in [0.2, 0.25) is 0 Å². The standard InChI is InChI=1S/C15H16BrNO/c1-11(16)9-17-10-12-3-4-14-8-15(18-2)6-5-13(14)7-12/h3-8,17H,1,9-10H2,2H3. The van der Waals surface area contributed by atoms with Gasteiger partial charge < -0.3 is 10.1 Å². The van der Waals surface area contributed by atoms with Crippen molar-refractivity contribution in [1.82, 2.24) is 5.32 Å². The lowest BCUT2D eigenvalue weighted by Crippen LogP contribution is -2.14. The summed E-state index contributed by atoms with van der Waals surface area (Å²) in [5.41, 5.74) is 1.27. The van der Waals surface area contributed by atoms with E-state index in [-0.39, 0.29) is 0 Å². The van der Waals surface area contributed by atoms with Crippen LogP contribution in [0, 0.1) is 0 Å². The summed E-state index contributed by atoms with van der Waals surface area (Å²) in [6.45, 7) is 5.41. The first kappa shape index (κ1) is 13.1. The zero-order valence-corrected chi connectivity index (χ0v) is 12.0. The maximum Gasteiger partial charge on any atom is 0.119 e. The van der Waals surface area contributed by atoms with Gasteiger partial charge in [-0.2, -0.15) is 0 Å². The van der Waals surface area contributed by atoms with Crippen molar-refractivity contribution in [1.29, 1.82) is 0 Å². The summed E-state index contributed by atoms with van der Waals surface area (Å²) in [5, 5.41) is 5.74. The summed E-state index contributed by atoms with van der Waals surface area (Å²) in [6, 6.07) is 12.6. The summed E-state index contributed by atoms with van der Waals surface area (Å²) in [5.74, 6) is 0.893. The molecule has 0 unspecified atom stereocenters. The molecule has 0 atom stereocenters. The van der Waals surface area contributed by atoms with Crippen LogP contribution in [-0.4, -0.2) is 13.7 Å². The average Bonchev–Trinajstić information content (AvgIpc) is 2.37. The van der Waals surface area contributed by atoms with Crippen LogP contribution in [0.3, 0.4) is 0 Å². The lowest BCUT2D eigenvalue weighted by Gasteiger charge is -2.07. The number of benzene rings is 2. The van der Waals surface area contributed by atoms with Crippen LogP contribution in [0.5, 0.6) is 5.75 Å². The lowest BCUT2D eigenvalue weighted by molar-refractivity contribution is 0.415. The van der Waals surface area contributed by atoms with E-state index >= 15 is 0 Å². The number of ether oxygens (including phenoxy) is 1. The fourth-order valence-corrected chi connectivity index (χ4v) is 2.05. The molecule has 0 heterocycles. The second kappa shape index (κ2) is 6.03. The Kier molecular flexibility index (Phi) is 4.39. The van der Waals surface area contributed by atoms with Crippen molar-refractivity contribution in [3.05, 3.63) is 53.0 Å². The van der Waals surface area contributed by atoms with E-state index in [2.05, 4.69) is 52.1 Å². The Labute approximate surface area is 116 Å². The summed E-state index contributed by atoms with van der Waals surface area (Å²) in [4.78, 5) is 0. The van der Waals surface area contributed by atoms with Crippen LogP contribution in [0.4, 0.5) is 0 Å². The van der Waals surface area contributed by atoms with E-state index in [9.17, 15) is 0 Å². The zero-order valence-electron chi connectivity index (χ0n) is 10.4. The molecule has 0 radical (unpaired) electrons. The van der Waals surface area contributed by atoms with Gasteiger partial charge in [-0.3, -0.25) is 0 Å². The van der Waals surface area contributed by atoms with Crippen molar-refractivity contribution in [3.8, 4) is 5.75 Å². The van der Waals surface area contributed by atoms with E-state index in [1.807, 2.05) is 12.1 Å². The second-order valence-corrected chi connectivity index (χ2v) is 5.29. The normalized spacial score (nSPS) is 10.6. The highest BCUT2D eigenvalue weighted by atomic mass is 79.9. The SMILES string of the molecule is C=C(Br)CNCc1ccc2cc(OC)ccc2c1. The highest BCUT2D eigenvalue weighted by molar-refractivity contribution is 9.11. The smallest absolute Gasteiger partial charge is 0.119 e. The van der Waals surface area contributed by atoms with Gasteiger partial charge in [0.25, 0.3) is 0 Å². The minimum Gasteiger partial charge on any atom is -0.497 e. The molecule has 0 bridgehead atoms. The molecule has 18 heavy (non-hydrogen) atoms. The van der Waals surface area contributed by atoms with Gasteiger partial charge in [-0.1, -0.05) is 40.7 Å². The Morgan fingerprint density at radius 2 is 1.94 bits per heavy atom. The van der Waals surface area contributed by atoms with Gasteiger partial charge >= 0.3 is 0 Å². The van der Waals surface area contributed by atoms with Crippen LogP contribution in [0.1, 0.15) is 5.56 Å². The third-order valence-electron chi connectivity index (χ3n) is 2.76. The van der Waals surface area contributed by atoms with Crippen LogP contribution < -0.4 is 10.1 Å². The molecule has 0 spiro atoms. The van der Waals surface area contributed by atoms with Crippen LogP contribution in [0.25, 0.3) is 10.8 Å². The van der Waals surface area contributed by atoms with E-state index in [4.69, 9.17) is 4.74 Å². The van der Waals surface area contributed by atoms with Gasteiger partial charge in [0.15, 0.2) is 0 Å². The third kappa shape index (κ3) is 3.34. The molecule has 0 saturated carbocycles. The number of hydrogen-bond donors (Lipinski definition) is 1. The first-order chi connectivity index (χ1) is 8.69. The highest BCUT2D eigenvalue weighted by Gasteiger charge is 1.99. The summed E-state index contributed by atoms with van der Waals surface area (Å²) < 4.78 is 6.18. The van der Waals surface area contributed by atoms with Gasteiger partial charge in [-0.05, 0) is 34.5 Å². The van der Waals surface area contributed by atoms with Gasteiger partial charge in [0.05, 0.1) is 7.11 Å². The zero-order chi connectivity index (χ0) is 13.0. The Morgan fingerprint density at radius 1 is 1.22 bits per heavy atom. The van der Waals surface area contributed by atoms with E-state index < -0.39 is 0 Å². The number of rotatable bonds is 5. The van der Waals surface area contributed by atoms with Gasteiger partial charge in [-0.15, -0.1) is 0 Å². The molecule has 2 nitrogen and oxygen atoms in total. The Morgan fingerprint density at radius 3 is 2.67 bits per heavy atom. The summed E-state index contributed by atoms with van der Waals surface area (Å²) >= 11 is 3.33. The molecule has 0 aliphatic carbocycles. The fraction of sp³-hybridized carbons (Fsp3) is 0.200. The molecule has 2 aromatic rings. The van der Waals surface area contributed by atoms with E-state index in [0.717, 1.165) is 23.3 Å². The molecule has 0 aromatic heterocycles. The molecule has 0 aliphatic rings. The molecule has 0 saturated heterocycles. The predicted octanol–water partition coefficient (Wildman–Crippen LogP) is 3.85. The van der Waals surface area contributed by atoms with E-state index in [0.29, 0.717) is 0 Å². The Balaban J connectivity index is 2.15. The topological polar surface area (TPSA) is 21.3 Å². The first-order valence-electron chi connectivity index (χ1n) is 5.80. The van der Waals surface area contributed by atoms with Gasteiger partial charge in [-0.25, -0.2) is 0 Å². The first-order valence-corrected chi connectivity index (χ1v) is 6.59. The number of fused-ring (bicyclic) bond motifs is 1. The van der Waals surface area contributed by atoms with Crippen molar-refractivity contribution in [2.24, 2.45) is 0 Å².